The summed E-state index contributed by atoms with van der Waals surface area (Å²) < 4.78 is 4.61. The van der Waals surface area contributed by atoms with Crippen LogP contribution < -0.4 is 0 Å². The molecule has 0 spiro atoms. The molecule has 0 aliphatic carbocycles. The first-order chi connectivity index (χ1) is 3.62. The molecule has 8 heavy (non-hydrogen) atoms. The topological polar surface area (TPSA) is 29.5 Å². The smallest absolute Gasteiger partial charge is 0.145 e. The minimum atomic E-state index is -1.10. The fourth-order valence-corrected chi connectivity index (χ4v) is 0.323. The Labute approximate surface area is 49.5 Å². The predicted molar refractivity (Wildman–Crippen MR) is 31.3 cm³/mol. The van der Waals surface area contributed by atoms with Gasteiger partial charge >= 0.3 is 0 Å². The van der Waals surface area contributed by atoms with E-state index in [-0.39, 0.29) is 6.61 Å². The standard InChI is InChI=1S/C6H10O2/c1-4-6(2,7)5-8-3/h1,7H,5H2,2-3H3/t6-/m0/s1. The summed E-state index contributed by atoms with van der Waals surface area (Å²) in [5.41, 5.74) is -1.10. The highest BCUT2D eigenvalue weighted by Crippen LogP contribution is 1.98. The van der Waals surface area contributed by atoms with Crippen LogP contribution in [-0.4, -0.2) is 24.4 Å². The molecule has 0 saturated heterocycles. The van der Waals surface area contributed by atoms with Crippen LogP contribution >= 0.6 is 0 Å². The number of ether oxygens (including phenoxy) is 1. The number of rotatable bonds is 2. The Morgan fingerprint density at radius 3 is 2.50 bits per heavy atom. The zero-order chi connectivity index (χ0) is 6.62. The number of aliphatic hydroxyl groups is 1. The van der Waals surface area contributed by atoms with Gasteiger partial charge in [0.1, 0.15) is 5.60 Å². The molecular formula is C6H10O2. The highest BCUT2D eigenvalue weighted by atomic mass is 16.5. The summed E-state index contributed by atoms with van der Waals surface area (Å²) in [6.07, 6.45) is 4.91. The van der Waals surface area contributed by atoms with E-state index in [1.807, 2.05) is 0 Å². The monoisotopic (exact) mass is 114 g/mol. The molecule has 2 nitrogen and oxygen atoms in total. The van der Waals surface area contributed by atoms with Crippen LogP contribution in [0.5, 0.6) is 0 Å². The van der Waals surface area contributed by atoms with Crippen LogP contribution in [-0.2, 0) is 4.74 Å². The molecule has 0 aromatic heterocycles. The van der Waals surface area contributed by atoms with Crippen molar-refractivity contribution in [1.29, 1.82) is 0 Å². The highest BCUT2D eigenvalue weighted by Gasteiger charge is 2.14. The Morgan fingerprint density at radius 1 is 1.88 bits per heavy atom. The first-order valence-electron chi connectivity index (χ1n) is 2.31. The van der Waals surface area contributed by atoms with Gasteiger partial charge in [-0.3, -0.25) is 0 Å². The van der Waals surface area contributed by atoms with Gasteiger partial charge < -0.3 is 9.84 Å². The molecule has 0 heterocycles. The quantitative estimate of drug-likeness (QED) is 0.513. The van der Waals surface area contributed by atoms with E-state index in [1.54, 1.807) is 0 Å². The van der Waals surface area contributed by atoms with Gasteiger partial charge in [0.2, 0.25) is 0 Å². The number of hydrogen-bond donors (Lipinski definition) is 1. The molecule has 0 aromatic rings. The average Bonchev–Trinajstić information content (AvgIpc) is 1.67. The first-order valence-corrected chi connectivity index (χ1v) is 2.31. The van der Waals surface area contributed by atoms with E-state index in [0.717, 1.165) is 0 Å². The lowest BCUT2D eigenvalue weighted by molar-refractivity contribution is 0.0275. The predicted octanol–water partition coefficient (Wildman–Crippen LogP) is 0.0170. The second-order valence-electron chi connectivity index (χ2n) is 1.85. The molecule has 0 aliphatic heterocycles. The zero-order valence-corrected chi connectivity index (χ0v) is 5.14. The summed E-state index contributed by atoms with van der Waals surface area (Å²) >= 11 is 0. The van der Waals surface area contributed by atoms with Crippen LogP contribution in [0.3, 0.4) is 0 Å². The van der Waals surface area contributed by atoms with Crippen molar-refractivity contribution in [2.24, 2.45) is 0 Å². The van der Waals surface area contributed by atoms with E-state index < -0.39 is 5.60 Å². The molecule has 0 fully saturated rings. The Bertz CT molecular complexity index is 99.6. The van der Waals surface area contributed by atoms with E-state index in [0.29, 0.717) is 0 Å². The van der Waals surface area contributed by atoms with Crippen LogP contribution in [0.4, 0.5) is 0 Å². The van der Waals surface area contributed by atoms with Crippen molar-refractivity contribution < 1.29 is 9.84 Å². The SMILES string of the molecule is C#C[C@](C)(O)COC. The van der Waals surface area contributed by atoms with Gasteiger partial charge in [0, 0.05) is 7.11 Å². The average molecular weight is 114 g/mol. The van der Waals surface area contributed by atoms with E-state index >= 15 is 0 Å². The van der Waals surface area contributed by atoms with E-state index in [1.165, 1.54) is 14.0 Å². The lowest BCUT2D eigenvalue weighted by Gasteiger charge is -2.13. The molecule has 0 unspecified atom stereocenters. The fraction of sp³-hybridized carbons (Fsp3) is 0.667. The second kappa shape index (κ2) is 2.71. The maximum absolute atomic E-state index is 8.96. The van der Waals surface area contributed by atoms with Crippen molar-refractivity contribution in [3.8, 4) is 12.3 Å². The summed E-state index contributed by atoms with van der Waals surface area (Å²) in [5, 5.41) is 8.96. The summed E-state index contributed by atoms with van der Waals surface area (Å²) in [5.74, 6) is 2.17. The van der Waals surface area contributed by atoms with Crippen LogP contribution in [0.15, 0.2) is 0 Å². The zero-order valence-electron chi connectivity index (χ0n) is 5.14. The summed E-state index contributed by atoms with van der Waals surface area (Å²) in [7, 11) is 1.49. The Hall–Kier alpha value is -0.520. The molecule has 0 rings (SSSR count). The third-order valence-corrected chi connectivity index (χ3v) is 0.736. The van der Waals surface area contributed by atoms with E-state index in [2.05, 4.69) is 10.7 Å². The maximum Gasteiger partial charge on any atom is 0.145 e. The van der Waals surface area contributed by atoms with Gasteiger partial charge in [-0.15, -0.1) is 6.42 Å². The van der Waals surface area contributed by atoms with Crippen LogP contribution in [0.1, 0.15) is 6.92 Å². The number of terminal acetylenes is 1. The van der Waals surface area contributed by atoms with Crippen LogP contribution in [0, 0.1) is 12.3 Å². The van der Waals surface area contributed by atoms with Gasteiger partial charge in [-0.1, -0.05) is 5.92 Å². The molecule has 0 aliphatic rings. The number of hydrogen-bond acceptors (Lipinski definition) is 2. The Kier molecular flexibility index (Phi) is 2.53. The molecule has 0 saturated carbocycles. The molecule has 0 bridgehead atoms. The normalized spacial score (nSPS) is 16.8. The maximum atomic E-state index is 8.96. The lowest BCUT2D eigenvalue weighted by atomic mass is 10.1. The summed E-state index contributed by atoms with van der Waals surface area (Å²) in [4.78, 5) is 0. The van der Waals surface area contributed by atoms with Gasteiger partial charge in [-0.25, -0.2) is 0 Å². The fourth-order valence-electron chi connectivity index (χ4n) is 0.323. The number of methoxy groups -OCH3 is 1. The summed E-state index contributed by atoms with van der Waals surface area (Å²) in [6.45, 7) is 1.71. The lowest BCUT2D eigenvalue weighted by Crippen LogP contribution is -2.27. The van der Waals surface area contributed by atoms with Gasteiger partial charge in [-0.05, 0) is 6.92 Å². The van der Waals surface area contributed by atoms with E-state index in [4.69, 9.17) is 11.5 Å². The second-order valence-corrected chi connectivity index (χ2v) is 1.85. The molecule has 1 atom stereocenters. The Morgan fingerprint density at radius 2 is 2.38 bits per heavy atom. The molecule has 46 valence electrons. The van der Waals surface area contributed by atoms with Crippen molar-refractivity contribution in [1.82, 2.24) is 0 Å². The Balaban J connectivity index is 3.59. The molecule has 0 aromatic carbocycles. The van der Waals surface area contributed by atoms with Gasteiger partial charge in [0.05, 0.1) is 6.61 Å². The molecular weight excluding hydrogens is 104 g/mol. The van der Waals surface area contributed by atoms with E-state index in [9.17, 15) is 0 Å². The largest absolute Gasteiger partial charge is 0.381 e. The molecule has 1 N–H and O–H groups in total. The third kappa shape index (κ3) is 2.62. The first kappa shape index (κ1) is 7.48. The summed E-state index contributed by atoms with van der Waals surface area (Å²) in [6, 6.07) is 0. The van der Waals surface area contributed by atoms with Gasteiger partial charge in [0.15, 0.2) is 0 Å². The highest BCUT2D eigenvalue weighted by molar-refractivity contribution is 5.04. The van der Waals surface area contributed by atoms with Crippen LogP contribution in [0.2, 0.25) is 0 Å². The van der Waals surface area contributed by atoms with Crippen molar-refractivity contribution in [3.63, 3.8) is 0 Å². The van der Waals surface area contributed by atoms with Gasteiger partial charge in [-0.2, -0.15) is 0 Å². The minimum absolute atomic E-state index is 0.184. The molecule has 2 heteroatoms. The van der Waals surface area contributed by atoms with Crippen LogP contribution in [0.25, 0.3) is 0 Å². The van der Waals surface area contributed by atoms with Crippen molar-refractivity contribution in [2.75, 3.05) is 13.7 Å². The van der Waals surface area contributed by atoms with Crippen molar-refractivity contribution in [3.05, 3.63) is 0 Å². The van der Waals surface area contributed by atoms with Crippen molar-refractivity contribution in [2.45, 2.75) is 12.5 Å². The van der Waals surface area contributed by atoms with Crippen molar-refractivity contribution >= 4 is 0 Å². The molecule has 0 amide bonds. The molecule has 0 radical (unpaired) electrons. The van der Waals surface area contributed by atoms with Gasteiger partial charge in [0.25, 0.3) is 0 Å². The third-order valence-electron chi connectivity index (χ3n) is 0.736. The minimum Gasteiger partial charge on any atom is -0.381 e.